The second-order valence-electron chi connectivity index (χ2n) is 5.35. The van der Waals surface area contributed by atoms with Crippen LogP contribution in [0.2, 0.25) is 5.15 Å². The number of nitrogens with zero attached hydrogens (tertiary/aromatic N) is 4. The molecule has 3 aromatic rings. The van der Waals surface area contributed by atoms with Gasteiger partial charge in [0.05, 0.1) is 12.4 Å². The highest BCUT2D eigenvalue weighted by molar-refractivity contribution is 6.29. The molecule has 0 atom stereocenters. The topological polar surface area (TPSA) is 71.0 Å². The van der Waals surface area contributed by atoms with Crippen molar-refractivity contribution in [3.8, 4) is 0 Å². The molecule has 0 unspecified atom stereocenters. The number of aromatic nitrogens is 3. The lowest BCUT2D eigenvalue weighted by Gasteiger charge is -2.17. The van der Waals surface area contributed by atoms with Gasteiger partial charge in [0.2, 0.25) is 0 Å². The van der Waals surface area contributed by atoms with Crippen LogP contribution in [-0.2, 0) is 6.54 Å². The molecule has 2 aromatic heterocycles. The van der Waals surface area contributed by atoms with Gasteiger partial charge in [0.25, 0.3) is 5.91 Å². The van der Waals surface area contributed by atoms with Crippen LogP contribution >= 0.6 is 11.6 Å². The summed E-state index contributed by atoms with van der Waals surface area (Å²) in [5.74, 6) is 0.532. The van der Waals surface area contributed by atoms with Crippen LogP contribution in [0, 0.1) is 0 Å². The van der Waals surface area contributed by atoms with Gasteiger partial charge in [-0.15, -0.1) is 0 Å². The monoisotopic (exact) mass is 353 g/mol. The molecule has 0 aliphatic carbocycles. The smallest absolute Gasteiger partial charge is 0.258 e. The van der Waals surface area contributed by atoms with Crippen LogP contribution in [0.5, 0.6) is 0 Å². The average Bonchev–Trinajstić information content (AvgIpc) is 2.66. The quantitative estimate of drug-likeness (QED) is 0.761. The molecule has 0 spiro atoms. The van der Waals surface area contributed by atoms with E-state index in [0.29, 0.717) is 23.1 Å². The van der Waals surface area contributed by atoms with E-state index in [4.69, 9.17) is 11.6 Å². The van der Waals surface area contributed by atoms with Gasteiger partial charge in [-0.05, 0) is 29.8 Å². The van der Waals surface area contributed by atoms with Gasteiger partial charge in [0, 0.05) is 37.2 Å². The molecule has 0 radical (unpaired) electrons. The molecule has 1 N–H and O–H groups in total. The van der Waals surface area contributed by atoms with Crippen molar-refractivity contribution in [2.24, 2.45) is 0 Å². The molecule has 0 fully saturated rings. The van der Waals surface area contributed by atoms with Crippen LogP contribution in [0.3, 0.4) is 0 Å². The van der Waals surface area contributed by atoms with Gasteiger partial charge >= 0.3 is 0 Å². The number of rotatable bonds is 5. The van der Waals surface area contributed by atoms with Crippen molar-refractivity contribution in [2.75, 3.05) is 17.3 Å². The number of nitrogens with one attached hydrogen (secondary N) is 1. The van der Waals surface area contributed by atoms with E-state index < -0.39 is 0 Å². The fourth-order valence-corrected chi connectivity index (χ4v) is 2.41. The summed E-state index contributed by atoms with van der Waals surface area (Å²) < 4.78 is 0. The van der Waals surface area contributed by atoms with E-state index in [1.54, 1.807) is 42.7 Å². The van der Waals surface area contributed by atoms with E-state index in [-0.39, 0.29) is 5.91 Å². The number of amides is 1. The van der Waals surface area contributed by atoms with Gasteiger partial charge in [-0.2, -0.15) is 0 Å². The number of halogens is 1. The molecule has 0 bridgehead atoms. The Morgan fingerprint density at radius 3 is 2.48 bits per heavy atom. The molecule has 1 aromatic carbocycles. The summed E-state index contributed by atoms with van der Waals surface area (Å²) in [6.45, 7) is 0.581. The van der Waals surface area contributed by atoms with Crippen LogP contribution < -0.4 is 10.2 Å². The van der Waals surface area contributed by atoms with Crippen molar-refractivity contribution in [3.63, 3.8) is 0 Å². The van der Waals surface area contributed by atoms with Crippen LogP contribution in [0.4, 0.5) is 11.5 Å². The van der Waals surface area contributed by atoms with Gasteiger partial charge < -0.3 is 10.2 Å². The standard InChI is InChI=1S/C18H16ClN5O/c1-24(18(25)14-6-8-20-9-7-14)15-4-2-13(3-5-15)10-22-17-12-21-11-16(19)23-17/h2-9,11-12H,10H2,1H3,(H,22,23). The Balaban J connectivity index is 1.64. The van der Waals surface area contributed by atoms with Gasteiger partial charge in [0.15, 0.2) is 0 Å². The number of anilines is 2. The Hall–Kier alpha value is -2.99. The van der Waals surface area contributed by atoms with E-state index >= 15 is 0 Å². The molecule has 0 aliphatic heterocycles. The highest BCUT2D eigenvalue weighted by Gasteiger charge is 2.12. The van der Waals surface area contributed by atoms with Crippen molar-refractivity contribution >= 4 is 29.0 Å². The van der Waals surface area contributed by atoms with E-state index in [2.05, 4.69) is 20.3 Å². The summed E-state index contributed by atoms with van der Waals surface area (Å²) >= 11 is 5.81. The first-order valence-corrected chi connectivity index (χ1v) is 8.00. The molecule has 7 heteroatoms. The molecule has 0 saturated heterocycles. The Morgan fingerprint density at radius 1 is 1.08 bits per heavy atom. The van der Waals surface area contributed by atoms with Crippen molar-refractivity contribution < 1.29 is 4.79 Å². The summed E-state index contributed by atoms with van der Waals surface area (Å²) in [6.07, 6.45) is 6.31. The maximum absolute atomic E-state index is 12.4. The van der Waals surface area contributed by atoms with Crippen molar-refractivity contribution in [1.82, 2.24) is 15.0 Å². The number of hydrogen-bond donors (Lipinski definition) is 1. The van der Waals surface area contributed by atoms with E-state index in [0.717, 1.165) is 11.3 Å². The predicted octanol–water partition coefficient (Wildman–Crippen LogP) is 3.41. The third kappa shape index (κ3) is 4.30. The van der Waals surface area contributed by atoms with Gasteiger partial charge in [-0.1, -0.05) is 23.7 Å². The Labute approximate surface area is 150 Å². The Kier molecular flexibility index (Phi) is 5.20. The molecular weight excluding hydrogens is 338 g/mol. The zero-order valence-corrected chi connectivity index (χ0v) is 14.3. The molecular formula is C18H16ClN5O. The molecule has 1 amide bonds. The summed E-state index contributed by atoms with van der Waals surface area (Å²) in [5, 5.41) is 3.50. The third-order valence-corrected chi connectivity index (χ3v) is 3.82. The molecule has 3 rings (SSSR count). The number of hydrogen-bond acceptors (Lipinski definition) is 5. The first-order chi connectivity index (χ1) is 12.1. The predicted molar refractivity (Wildman–Crippen MR) is 97.8 cm³/mol. The maximum Gasteiger partial charge on any atom is 0.258 e. The Bertz CT molecular complexity index is 855. The number of carbonyl (C=O) groups excluding carboxylic acids is 1. The van der Waals surface area contributed by atoms with Gasteiger partial charge in [-0.3, -0.25) is 14.8 Å². The molecule has 126 valence electrons. The van der Waals surface area contributed by atoms with Crippen LogP contribution in [0.1, 0.15) is 15.9 Å². The molecule has 0 aliphatic rings. The molecule has 0 saturated carbocycles. The number of benzene rings is 1. The summed E-state index contributed by atoms with van der Waals surface area (Å²) in [6, 6.07) is 11.1. The van der Waals surface area contributed by atoms with Crippen LogP contribution in [0.25, 0.3) is 0 Å². The van der Waals surface area contributed by atoms with Crippen molar-refractivity contribution in [3.05, 3.63) is 77.5 Å². The highest BCUT2D eigenvalue weighted by atomic mass is 35.5. The zero-order chi connectivity index (χ0) is 17.6. The SMILES string of the molecule is CN(C(=O)c1ccncc1)c1ccc(CNc2cncc(Cl)n2)cc1. The fraction of sp³-hybridized carbons (Fsp3) is 0.111. The fourth-order valence-electron chi connectivity index (χ4n) is 2.26. The van der Waals surface area contributed by atoms with Gasteiger partial charge in [0.1, 0.15) is 11.0 Å². The molecule has 6 nitrogen and oxygen atoms in total. The van der Waals surface area contributed by atoms with Crippen molar-refractivity contribution in [2.45, 2.75) is 6.54 Å². The third-order valence-electron chi connectivity index (χ3n) is 3.63. The highest BCUT2D eigenvalue weighted by Crippen LogP contribution is 2.17. The summed E-state index contributed by atoms with van der Waals surface area (Å²) in [5.41, 5.74) is 2.46. The second kappa shape index (κ2) is 7.72. The summed E-state index contributed by atoms with van der Waals surface area (Å²) in [4.78, 5) is 26.1. The number of carbonyl (C=O) groups is 1. The largest absolute Gasteiger partial charge is 0.365 e. The van der Waals surface area contributed by atoms with Crippen molar-refractivity contribution in [1.29, 1.82) is 0 Å². The number of pyridine rings is 1. The maximum atomic E-state index is 12.4. The lowest BCUT2D eigenvalue weighted by Crippen LogP contribution is -2.26. The second-order valence-corrected chi connectivity index (χ2v) is 5.73. The first kappa shape index (κ1) is 16.9. The lowest BCUT2D eigenvalue weighted by molar-refractivity contribution is 0.0993. The van der Waals surface area contributed by atoms with Crippen LogP contribution in [0.15, 0.2) is 61.2 Å². The minimum absolute atomic E-state index is 0.0810. The van der Waals surface area contributed by atoms with Crippen LogP contribution in [-0.4, -0.2) is 27.9 Å². The molecule has 25 heavy (non-hydrogen) atoms. The van der Waals surface area contributed by atoms with E-state index in [1.807, 2.05) is 24.3 Å². The normalized spacial score (nSPS) is 10.3. The summed E-state index contributed by atoms with van der Waals surface area (Å²) in [7, 11) is 1.75. The van der Waals surface area contributed by atoms with E-state index in [1.165, 1.54) is 6.20 Å². The first-order valence-electron chi connectivity index (χ1n) is 7.62. The minimum atomic E-state index is -0.0810. The minimum Gasteiger partial charge on any atom is -0.365 e. The van der Waals surface area contributed by atoms with E-state index in [9.17, 15) is 4.79 Å². The Morgan fingerprint density at radius 2 is 1.80 bits per heavy atom. The average molecular weight is 354 g/mol. The lowest BCUT2D eigenvalue weighted by atomic mass is 10.1. The molecule has 2 heterocycles. The van der Waals surface area contributed by atoms with Gasteiger partial charge in [-0.25, -0.2) is 4.98 Å². The zero-order valence-electron chi connectivity index (χ0n) is 13.6.